The zero-order valence-electron chi connectivity index (χ0n) is 17.1. The molecule has 0 heterocycles. The fourth-order valence-corrected chi connectivity index (χ4v) is 2.96. The molecule has 0 fully saturated rings. The Morgan fingerprint density at radius 3 is 0.969 bits per heavy atom. The largest absolute Gasteiger partial charge is 0.289 e. The van der Waals surface area contributed by atoms with Crippen LogP contribution in [0.4, 0.5) is 0 Å². The molecule has 32 heavy (non-hydrogen) atoms. The quantitative estimate of drug-likeness (QED) is 0.159. The highest BCUT2D eigenvalue weighted by atomic mass is 35.6. The van der Waals surface area contributed by atoms with E-state index in [0.717, 1.165) is 27.1 Å². The van der Waals surface area contributed by atoms with Crippen LogP contribution in [0.1, 0.15) is 27.0 Å². The number of carbonyl (C=O) groups is 1. The van der Waals surface area contributed by atoms with Crippen LogP contribution in [0.2, 0.25) is 0 Å². The number of halogens is 3. The summed E-state index contributed by atoms with van der Waals surface area (Å²) in [6.45, 7) is 0. The van der Waals surface area contributed by atoms with Crippen molar-refractivity contribution in [1.29, 1.82) is 0 Å². The summed E-state index contributed by atoms with van der Waals surface area (Å²) < 4.78 is -0.750. The molecule has 5 heteroatoms. The van der Waals surface area contributed by atoms with E-state index in [1.165, 1.54) is 0 Å². The lowest BCUT2D eigenvalue weighted by Gasteiger charge is -2.02. The van der Waals surface area contributed by atoms with E-state index in [-0.39, 0.29) is 5.78 Å². The zero-order chi connectivity index (χ0) is 23.2. The number of hydrogen-bond donors (Lipinski definition) is 0. The molecule has 1 nitrogen and oxygen atoms in total. The summed E-state index contributed by atoms with van der Waals surface area (Å²) >= 11 is 19.8. The Kier molecular flexibility index (Phi) is 11.7. The first kappa shape index (κ1) is 25.8. The van der Waals surface area contributed by atoms with Crippen molar-refractivity contribution in [3.8, 4) is 0 Å². The minimum absolute atomic E-state index is 0.0752. The second-order valence-corrected chi connectivity index (χ2v) is 8.76. The molecule has 4 aromatic carbocycles. The molecule has 0 spiro atoms. The fourth-order valence-electron chi connectivity index (χ4n) is 2.69. The van der Waals surface area contributed by atoms with Crippen molar-refractivity contribution >= 4 is 57.7 Å². The van der Waals surface area contributed by atoms with Gasteiger partial charge in [0.1, 0.15) is 0 Å². The molecular formula is C27H21Cl3OS. The molecule has 0 aliphatic carbocycles. The van der Waals surface area contributed by atoms with Crippen LogP contribution in [0.15, 0.2) is 121 Å². The number of carbonyl (C=O) groups excluding carboxylic acids is 1. The minimum Gasteiger partial charge on any atom is -0.289 e. The van der Waals surface area contributed by atoms with E-state index in [1.807, 2.05) is 121 Å². The van der Waals surface area contributed by atoms with Crippen LogP contribution in [-0.2, 0) is 0 Å². The molecule has 0 saturated heterocycles. The van der Waals surface area contributed by atoms with Crippen molar-refractivity contribution in [3.05, 3.63) is 144 Å². The van der Waals surface area contributed by atoms with Crippen molar-refractivity contribution < 1.29 is 4.79 Å². The first-order chi connectivity index (χ1) is 15.5. The highest BCUT2D eigenvalue weighted by Gasteiger charge is 2.06. The molecule has 0 aliphatic rings. The Morgan fingerprint density at radius 2 is 0.719 bits per heavy atom. The van der Waals surface area contributed by atoms with Gasteiger partial charge in [0.25, 0.3) is 0 Å². The molecule has 162 valence electrons. The van der Waals surface area contributed by atoms with Crippen molar-refractivity contribution in [2.24, 2.45) is 0 Å². The lowest BCUT2D eigenvalue weighted by molar-refractivity contribution is 0.103. The van der Waals surface area contributed by atoms with E-state index in [9.17, 15) is 4.79 Å². The molecule has 0 amide bonds. The molecular weight excluding hydrogens is 479 g/mol. The molecule has 4 aromatic rings. The van der Waals surface area contributed by atoms with Crippen LogP contribution < -0.4 is 0 Å². The predicted octanol–water partition coefficient (Wildman–Crippen LogP) is 8.36. The Balaban J connectivity index is 0.000000195. The third-order valence-corrected chi connectivity index (χ3v) is 4.62. The molecule has 0 atom stereocenters. The van der Waals surface area contributed by atoms with Crippen molar-refractivity contribution in [2.75, 3.05) is 0 Å². The van der Waals surface area contributed by atoms with Gasteiger partial charge in [0, 0.05) is 11.1 Å². The Bertz CT molecular complexity index is 898. The molecule has 0 saturated carbocycles. The molecule has 0 bridgehead atoms. The lowest BCUT2D eigenvalue weighted by Crippen LogP contribution is -1.99. The highest BCUT2D eigenvalue weighted by Crippen LogP contribution is 2.10. The summed E-state index contributed by atoms with van der Waals surface area (Å²) in [5.41, 5.74) is 3.68. The topological polar surface area (TPSA) is 17.1 Å². The van der Waals surface area contributed by atoms with Crippen LogP contribution >= 0.6 is 47.0 Å². The average Bonchev–Trinajstić information content (AvgIpc) is 2.85. The minimum atomic E-state index is -0.750. The van der Waals surface area contributed by atoms with Gasteiger partial charge in [-0.25, -0.2) is 0 Å². The second-order valence-electron chi connectivity index (χ2n) is 6.37. The maximum absolute atomic E-state index is 11.8. The number of benzene rings is 4. The van der Waals surface area contributed by atoms with Crippen LogP contribution in [0.25, 0.3) is 0 Å². The highest BCUT2D eigenvalue weighted by molar-refractivity contribution is 7.81. The molecule has 0 unspecified atom stereocenters. The number of ketones is 1. The van der Waals surface area contributed by atoms with E-state index >= 15 is 0 Å². The average molecular weight is 500 g/mol. The zero-order valence-corrected chi connectivity index (χ0v) is 20.2. The summed E-state index contributed by atoms with van der Waals surface area (Å²) in [4.78, 5) is 12.8. The van der Waals surface area contributed by atoms with E-state index < -0.39 is 4.30 Å². The van der Waals surface area contributed by atoms with E-state index in [1.54, 1.807) is 0 Å². The normalized spacial score (nSPS) is 9.62. The first-order valence-corrected chi connectivity index (χ1v) is 11.4. The molecule has 0 radical (unpaired) electrons. The van der Waals surface area contributed by atoms with Gasteiger partial charge in [0.05, 0.1) is 4.86 Å². The van der Waals surface area contributed by atoms with Gasteiger partial charge in [-0.05, 0) is 11.1 Å². The van der Waals surface area contributed by atoms with Gasteiger partial charge >= 0.3 is 0 Å². The summed E-state index contributed by atoms with van der Waals surface area (Å²) in [5.74, 6) is 0.0752. The number of rotatable bonds is 4. The Morgan fingerprint density at radius 1 is 0.500 bits per heavy atom. The Hall–Kier alpha value is -2.49. The van der Waals surface area contributed by atoms with Gasteiger partial charge in [0.2, 0.25) is 0 Å². The van der Waals surface area contributed by atoms with E-state index in [4.69, 9.17) is 47.0 Å². The number of alkyl halides is 3. The maximum atomic E-state index is 11.8. The second kappa shape index (κ2) is 14.5. The van der Waals surface area contributed by atoms with Gasteiger partial charge in [-0.1, -0.05) is 168 Å². The summed E-state index contributed by atoms with van der Waals surface area (Å²) in [6.07, 6.45) is 0. The van der Waals surface area contributed by atoms with E-state index in [2.05, 4.69) is 0 Å². The van der Waals surface area contributed by atoms with Gasteiger partial charge in [0.15, 0.2) is 10.1 Å². The van der Waals surface area contributed by atoms with Crippen molar-refractivity contribution in [2.45, 2.75) is 4.30 Å². The summed E-state index contributed by atoms with van der Waals surface area (Å²) in [5, 5.41) is 0. The third-order valence-electron chi connectivity index (χ3n) is 4.14. The maximum Gasteiger partial charge on any atom is 0.193 e. The first-order valence-electron chi connectivity index (χ1n) is 9.71. The smallest absolute Gasteiger partial charge is 0.193 e. The molecule has 4 rings (SSSR count). The number of hydrogen-bond acceptors (Lipinski definition) is 2. The van der Waals surface area contributed by atoms with Crippen LogP contribution in [-0.4, -0.2) is 14.9 Å². The van der Waals surface area contributed by atoms with Crippen LogP contribution in [0, 0.1) is 0 Å². The van der Waals surface area contributed by atoms with Crippen LogP contribution in [0.5, 0.6) is 0 Å². The molecule has 0 aromatic heterocycles. The monoisotopic (exact) mass is 498 g/mol. The van der Waals surface area contributed by atoms with Crippen molar-refractivity contribution in [1.82, 2.24) is 0 Å². The lowest BCUT2D eigenvalue weighted by atomic mass is 10.0. The third kappa shape index (κ3) is 9.33. The van der Waals surface area contributed by atoms with Crippen LogP contribution in [0.3, 0.4) is 0 Å². The Labute approximate surface area is 209 Å². The van der Waals surface area contributed by atoms with Gasteiger partial charge in [-0.15, -0.1) is 0 Å². The van der Waals surface area contributed by atoms with E-state index in [0.29, 0.717) is 0 Å². The number of thiocarbonyl (C=S) groups is 1. The van der Waals surface area contributed by atoms with Gasteiger partial charge < -0.3 is 0 Å². The standard InChI is InChI=1S/C13H10O.C13H10S.CHCl3/c2*14-13(11-7-3-1-4-8-11)12-9-5-2-6-10-12;2-1(3)4/h2*1-10H;1H. The molecule has 0 aliphatic heterocycles. The summed E-state index contributed by atoms with van der Waals surface area (Å²) in [7, 11) is 0. The predicted molar refractivity (Wildman–Crippen MR) is 141 cm³/mol. The fraction of sp³-hybridized carbons (Fsp3) is 0.0370. The SMILES string of the molecule is ClC(Cl)Cl.O=C(c1ccccc1)c1ccccc1.S=C(c1ccccc1)c1ccccc1. The summed E-state index contributed by atoms with van der Waals surface area (Å²) in [6, 6.07) is 38.8. The van der Waals surface area contributed by atoms with Gasteiger partial charge in [-0.2, -0.15) is 0 Å². The van der Waals surface area contributed by atoms with Crippen molar-refractivity contribution in [3.63, 3.8) is 0 Å². The molecule has 0 N–H and O–H groups in total. The van der Waals surface area contributed by atoms with Gasteiger partial charge in [-0.3, -0.25) is 4.79 Å².